The van der Waals surface area contributed by atoms with Crippen LogP contribution in [0.5, 0.6) is 5.75 Å². The standard InChI is InChI=1S/C15H22N2O/c1-11(2)17-14-12(6-4-7-13(14)18-3)16-10-15(17)8-5-9-15/h4,6-7,11,16H,5,8-10H2,1-3H3. The molecule has 0 radical (unpaired) electrons. The molecule has 0 unspecified atom stereocenters. The van der Waals surface area contributed by atoms with Crippen LogP contribution in [0.4, 0.5) is 11.4 Å². The number of fused-ring (bicyclic) bond motifs is 1. The number of anilines is 2. The molecule has 1 heterocycles. The molecule has 1 aliphatic carbocycles. The van der Waals surface area contributed by atoms with Crippen LogP contribution in [0.3, 0.4) is 0 Å². The minimum atomic E-state index is 0.315. The molecule has 1 N–H and O–H groups in total. The summed E-state index contributed by atoms with van der Waals surface area (Å²) in [6.45, 7) is 5.62. The number of para-hydroxylation sites is 1. The van der Waals surface area contributed by atoms with Gasteiger partial charge in [0.05, 0.1) is 18.3 Å². The summed E-state index contributed by atoms with van der Waals surface area (Å²) in [6, 6.07) is 6.77. The first-order chi connectivity index (χ1) is 8.68. The van der Waals surface area contributed by atoms with Crippen LogP contribution in [-0.4, -0.2) is 25.2 Å². The van der Waals surface area contributed by atoms with Crippen molar-refractivity contribution < 1.29 is 4.74 Å². The molecule has 1 saturated carbocycles. The number of nitrogens with zero attached hydrogens (tertiary/aromatic N) is 1. The van der Waals surface area contributed by atoms with Crippen molar-refractivity contribution in [2.45, 2.75) is 44.7 Å². The molecule has 1 fully saturated rings. The molecule has 98 valence electrons. The lowest BCUT2D eigenvalue weighted by molar-refractivity contribution is 0.224. The zero-order valence-electron chi connectivity index (χ0n) is 11.5. The van der Waals surface area contributed by atoms with Gasteiger partial charge in [-0.05, 0) is 45.2 Å². The fraction of sp³-hybridized carbons (Fsp3) is 0.600. The molecule has 1 aromatic carbocycles. The lowest BCUT2D eigenvalue weighted by Gasteiger charge is -2.56. The largest absolute Gasteiger partial charge is 0.495 e. The van der Waals surface area contributed by atoms with Gasteiger partial charge in [-0.2, -0.15) is 0 Å². The Morgan fingerprint density at radius 2 is 2.11 bits per heavy atom. The van der Waals surface area contributed by atoms with E-state index < -0.39 is 0 Å². The van der Waals surface area contributed by atoms with Gasteiger partial charge in [0.25, 0.3) is 0 Å². The van der Waals surface area contributed by atoms with E-state index in [0.717, 1.165) is 12.3 Å². The van der Waals surface area contributed by atoms with Crippen molar-refractivity contribution in [1.29, 1.82) is 0 Å². The van der Waals surface area contributed by atoms with Gasteiger partial charge >= 0.3 is 0 Å². The summed E-state index contributed by atoms with van der Waals surface area (Å²) < 4.78 is 5.57. The van der Waals surface area contributed by atoms with E-state index >= 15 is 0 Å². The molecule has 3 rings (SSSR count). The van der Waals surface area contributed by atoms with E-state index in [1.807, 2.05) is 0 Å². The van der Waals surface area contributed by atoms with Crippen molar-refractivity contribution in [1.82, 2.24) is 0 Å². The van der Waals surface area contributed by atoms with Gasteiger partial charge in [0, 0.05) is 12.6 Å². The van der Waals surface area contributed by atoms with E-state index in [1.54, 1.807) is 7.11 Å². The van der Waals surface area contributed by atoms with Gasteiger partial charge in [-0.15, -0.1) is 0 Å². The highest BCUT2D eigenvalue weighted by Crippen LogP contribution is 2.50. The van der Waals surface area contributed by atoms with Gasteiger partial charge in [-0.3, -0.25) is 0 Å². The first-order valence-electron chi connectivity index (χ1n) is 6.88. The Morgan fingerprint density at radius 3 is 2.67 bits per heavy atom. The van der Waals surface area contributed by atoms with Gasteiger partial charge < -0.3 is 15.0 Å². The lowest BCUT2D eigenvalue weighted by Crippen LogP contribution is -2.62. The fourth-order valence-corrected chi connectivity index (χ4v) is 3.47. The van der Waals surface area contributed by atoms with E-state index in [2.05, 4.69) is 42.3 Å². The number of rotatable bonds is 2. The third-order valence-corrected chi connectivity index (χ3v) is 4.38. The molecule has 0 atom stereocenters. The maximum Gasteiger partial charge on any atom is 0.144 e. The molecule has 0 bridgehead atoms. The van der Waals surface area contributed by atoms with Crippen LogP contribution >= 0.6 is 0 Å². The van der Waals surface area contributed by atoms with E-state index in [1.165, 1.54) is 30.6 Å². The molecule has 2 aliphatic rings. The van der Waals surface area contributed by atoms with E-state index in [0.29, 0.717) is 11.6 Å². The Balaban J connectivity index is 2.12. The summed E-state index contributed by atoms with van der Waals surface area (Å²) in [4.78, 5) is 2.58. The van der Waals surface area contributed by atoms with Crippen LogP contribution in [0.1, 0.15) is 33.1 Å². The van der Waals surface area contributed by atoms with Crippen molar-refractivity contribution in [3.8, 4) is 5.75 Å². The summed E-state index contributed by atoms with van der Waals surface area (Å²) in [5, 5.41) is 3.59. The van der Waals surface area contributed by atoms with Crippen molar-refractivity contribution in [2.75, 3.05) is 23.9 Å². The average Bonchev–Trinajstić information content (AvgIpc) is 2.34. The third kappa shape index (κ3) is 1.49. The van der Waals surface area contributed by atoms with E-state index in [-0.39, 0.29) is 0 Å². The summed E-state index contributed by atoms with van der Waals surface area (Å²) in [5.41, 5.74) is 2.78. The average molecular weight is 246 g/mol. The summed E-state index contributed by atoms with van der Waals surface area (Å²) in [5.74, 6) is 0.986. The number of nitrogens with one attached hydrogen (secondary N) is 1. The minimum absolute atomic E-state index is 0.315. The zero-order valence-corrected chi connectivity index (χ0v) is 11.5. The fourth-order valence-electron chi connectivity index (χ4n) is 3.47. The van der Waals surface area contributed by atoms with Gasteiger partial charge in [0.15, 0.2) is 0 Å². The predicted octanol–water partition coefficient (Wildman–Crippen LogP) is 3.26. The van der Waals surface area contributed by atoms with E-state index in [4.69, 9.17) is 4.74 Å². The molecule has 3 heteroatoms. The van der Waals surface area contributed by atoms with Crippen LogP contribution in [0.25, 0.3) is 0 Å². The molecule has 0 aromatic heterocycles. The quantitative estimate of drug-likeness (QED) is 0.867. The maximum atomic E-state index is 5.57. The van der Waals surface area contributed by atoms with Gasteiger partial charge in [-0.1, -0.05) is 6.07 Å². The number of ether oxygens (including phenoxy) is 1. The summed E-state index contributed by atoms with van der Waals surface area (Å²) in [7, 11) is 1.76. The van der Waals surface area contributed by atoms with Crippen molar-refractivity contribution in [3.63, 3.8) is 0 Å². The topological polar surface area (TPSA) is 24.5 Å². The second-order valence-electron chi connectivity index (χ2n) is 5.75. The summed E-state index contributed by atoms with van der Waals surface area (Å²) in [6.07, 6.45) is 3.92. The highest BCUT2D eigenvalue weighted by molar-refractivity contribution is 5.80. The molecule has 1 aromatic rings. The third-order valence-electron chi connectivity index (χ3n) is 4.38. The Bertz CT molecular complexity index is 438. The first kappa shape index (κ1) is 11.7. The molecular weight excluding hydrogens is 224 g/mol. The second-order valence-corrected chi connectivity index (χ2v) is 5.75. The normalized spacial score (nSPS) is 20.3. The Labute approximate surface area is 109 Å². The van der Waals surface area contributed by atoms with Crippen LogP contribution in [0, 0.1) is 0 Å². The van der Waals surface area contributed by atoms with Crippen molar-refractivity contribution in [2.24, 2.45) is 0 Å². The number of benzene rings is 1. The molecule has 3 nitrogen and oxygen atoms in total. The minimum Gasteiger partial charge on any atom is -0.495 e. The second kappa shape index (κ2) is 4.08. The molecule has 1 spiro atoms. The van der Waals surface area contributed by atoms with Gasteiger partial charge in [0.1, 0.15) is 11.4 Å². The Kier molecular flexibility index (Phi) is 2.65. The molecule has 1 aliphatic heterocycles. The van der Waals surface area contributed by atoms with Crippen LogP contribution in [0.2, 0.25) is 0 Å². The van der Waals surface area contributed by atoms with Crippen LogP contribution < -0.4 is 15.0 Å². The number of hydrogen-bond donors (Lipinski definition) is 1. The highest BCUT2D eigenvalue weighted by Gasteiger charge is 2.47. The SMILES string of the molecule is COc1cccc2c1N(C(C)C)C1(CCC1)CN2. The number of methoxy groups -OCH3 is 1. The molecule has 0 amide bonds. The summed E-state index contributed by atoms with van der Waals surface area (Å²) >= 11 is 0. The maximum absolute atomic E-state index is 5.57. The Morgan fingerprint density at radius 1 is 1.33 bits per heavy atom. The predicted molar refractivity (Wildman–Crippen MR) is 75.7 cm³/mol. The molecule has 0 saturated heterocycles. The monoisotopic (exact) mass is 246 g/mol. The van der Waals surface area contributed by atoms with Gasteiger partial charge in [-0.25, -0.2) is 0 Å². The van der Waals surface area contributed by atoms with Crippen LogP contribution in [0.15, 0.2) is 18.2 Å². The number of hydrogen-bond acceptors (Lipinski definition) is 3. The highest BCUT2D eigenvalue weighted by atomic mass is 16.5. The lowest BCUT2D eigenvalue weighted by atomic mass is 9.73. The zero-order chi connectivity index (χ0) is 12.8. The van der Waals surface area contributed by atoms with Crippen molar-refractivity contribution >= 4 is 11.4 Å². The van der Waals surface area contributed by atoms with Crippen molar-refractivity contribution in [3.05, 3.63) is 18.2 Å². The van der Waals surface area contributed by atoms with Crippen LogP contribution in [-0.2, 0) is 0 Å². The van der Waals surface area contributed by atoms with Gasteiger partial charge in [0.2, 0.25) is 0 Å². The Hall–Kier alpha value is -1.38. The molecule has 18 heavy (non-hydrogen) atoms. The first-order valence-corrected chi connectivity index (χ1v) is 6.88. The smallest absolute Gasteiger partial charge is 0.144 e. The molecular formula is C15H22N2O. The van der Waals surface area contributed by atoms with E-state index in [9.17, 15) is 0 Å².